The van der Waals surface area contributed by atoms with E-state index in [1.165, 1.54) is 34.7 Å². The molecule has 0 heterocycles. The van der Waals surface area contributed by atoms with Gasteiger partial charge in [0.1, 0.15) is 0 Å². The predicted molar refractivity (Wildman–Crippen MR) is 91.8 cm³/mol. The molecular weight excluding hydrogens is 509 g/mol. The van der Waals surface area contributed by atoms with E-state index in [-0.39, 0.29) is 15.6 Å². The van der Waals surface area contributed by atoms with Gasteiger partial charge in [0.15, 0.2) is 11.5 Å². The zero-order chi connectivity index (χ0) is 21.1. The summed E-state index contributed by atoms with van der Waals surface area (Å²) in [6.45, 7) is 0. The van der Waals surface area contributed by atoms with Crippen molar-refractivity contribution in [1.82, 2.24) is 0 Å². The molecule has 4 nitrogen and oxygen atoms in total. The molecule has 0 amide bonds. The normalized spacial score (nSPS) is 11.8. The summed E-state index contributed by atoms with van der Waals surface area (Å²) in [4.78, 5) is 22.4. The van der Waals surface area contributed by atoms with Gasteiger partial charge < -0.3 is 9.47 Å². The maximum atomic E-state index is 12.6. The van der Waals surface area contributed by atoms with E-state index in [4.69, 9.17) is 0 Å². The summed E-state index contributed by atoms with van der Waals surface area (Å²) in [6, 6.07) is 10.6. The molecule has 0 aliphatic carbocycles. The van der Waals surface area contributed by atoms with Crippen LogP contribution in [0, 0.1) is 3.57 Å². The van der Waals surface area contributed by atoms with E-state index in [0.29, 0.717) is 5.56 Å². The van der Waals surface area contributed by atoms with Gasteiger partial charge in [0.25, 0.3) is 0 Å². The van der Waals surface area contributed by atoms with Gasteiger partial charge in [-0.05, 0) is 34.2 Å². The van der Waals surface area contributed by atoms with Crippen LogP contribution in [0.3, 0.4) is 0 Å². The second-order valence-corrected chi connectivity index (χ2v) is 6.46. The van der Waals surface area contributed by atoms with Gasteiger partial charge in [0.05, 0.1) is 3.57 Å². The molecule has 0 atom stereocenters. The molecule has 2 rings (SSSR count). The topological polar surface area (TPSA) is 52.6 Å². The second kappa shape index (κ2) is 8.37. The fraction of sp³-hybridized carbons (Fsp3) is 0.176. The summed E-state index contributed by atoms with van der Waals surface area (Å²) >= 11 is 1.45. The molecule has 0 saturated carbocycles. The summed E-state index contributed by atoms with van der Waals surface area (Å²) in [5, 5.41) is 0. The zero-order valence-corrected chi connectivity index (χ0v) is 15.7. The van der Waals surface area contributed by atoms with Crippen molar-refractivity contribution in [3.8, 4) is 11.5 Å². The van der Waals surface area contributed by atoms with Crippen LogP contribution >= 0.6 is 22.6 Å². The fourth-order valence-electron chi connectivity index (χ4n) is 2.04. The van der Waals surface area contributed by atoms with Crippen molar-refractivity contribution in [2.24, 2.45) is 0 Å². The molecule has 0 aliphatic rings. The number of halogens is 7. The van der Waals surface area contributed by atoms with Crippen LogP contribution in [-0.2, 0) is 16.0 Å². The van der Waals surface area contributed by atoms with Gasteiger partial charge >= 0.3 is 24.3 Å². The average molecular weight is 518 g/mol. The first kappa shape index (κ1) is 22.0. The number of ether oxygens (including phenoxy) is 2. The molecular formula is C17H9F6IO4. The van der Waals surface area contributed by atoms with Crippen molar-refractivity contribution >= 4 is 34.5 Å². The molecule has 0 aromatic heterocycles. The third kappa shape index (κ3) is 5.59. The molecule has 150 valence electrons. The molecule has 0 bridgehead atoms. The Morgan fingerprint density at radius 2 is 1.29 bits per heavy atom. The Bertz CT molecular complexity index is 878. The van der Waals surface area contributed by atoms with Crippen LogP contribution in [0.1, 0.15) is 11.1 Å². The quantitative estimate of drug-likeness (QED) is 0.252. The Hall–Kier alpha value is -2.31. The van der Waals surface area contributed by atoms with Gasteiger partial charge in [-0.15, -0.1) is 0 Å². The number of carbonyl (C=O) groups excluding carboxylic acids is 2. The largest absolute Gasteiger partial charge is 0.491 e. The Morgan fingerprint density at radius 1 is 0.786 bits per heavy atom. The molecule has 0 unspecified atom stereocenters. The Morgan fingerprint density at radius 3 is 1.79 bits per heavy atom. The van der Waals surface area contributed by atoms with Gasteiger partial charge in [-0.1, -0.05) is 36.4 Å². The summed E-state index contributed by atoms with van der Waals surface area (Å²) < 4.78 is 83.8. The van der Waals surface area contributed by atoms with Crippen LogP contribution in [0.15, 0.2) is 42.5 Å². The highest BCUT2D eigenvalue weighted by atomic mass is 127. The molecule has 0 N–H and O–H groups in total. The number of benzene rings is 2. The van der Waals surface area contributed by atoms with Crippen LogP contribution in [0.5, 0.6) is 11.5 Å². The molecule has 2 aromatic rings. The van der Waals surface area contributed by atoms with Gasteiger partial charge in [0, 0.05) is 12.0 Å². The number of alkyl halides is 6. The third-order valence-corrected chi connectivity index (χ3v) is 4.08. The van der Waals surface area contributed by atoms with E-state index in [1.807, 2.05) is 0 Å². The van der Waals surface area contributed by atoms with E-state index >= 15 is 0 Å². The predicted octanol–water partition coefficient (Wildman–Crippen LogP) is 4.82. The number of hydrogen-bond donors (Lipinski definition) is 0. The lowest BCUT2D eigenvalue weighted by Gasteiger charge is -2.17. The molecule has 0 spiro atoms. The smallest absolute Gasteiger partial charge is 0.416 e. The minimum absolute atomic E-state index is 0.0748. The minimum atomic E-state index is -5.41. The lowest BCUT2D eigenvalue weighted by molar-refractivity contribution is -0.191. The van der Waals surface area contributed by atoms with Gasteiger partial charge in [-0.2, -0.15) is 26.3 Å². The van der Waals surface area contributed by atoms with Gasteiger partial charge in [-0.3, -0.25) is 0 Å². The average Bonchev–Trinajstić information content (AvgIpc) is 2.59. The Balaban J connectivity index is 2.53. The van der Waals surface area contributed by atoms with Crippen molar-refractivity contribution in [2.75, 3.05) is 0 Å². The second-order valence-electron chi connectivity index (χ2n) is 5.30. The van der Waals surface area contributed by atoms with Crippen LogP contribution in [0.4, 0.5) is 26.3 Å². The Labute approximate surface area is 167 Å². The van der Waals surface area contributed by atoms with E-state index in [9.17, 15) is 35.9 Å². The van der Waals surface area contributed by atoms with Gasteiger partial charge in [-0.25, -0.2) is 9.59 Å². The summed E-state index contributed by atoms with van der Waals surface area (Å²) in [7, 11) is 0. The minimum Gasteiger partial charge on any atom is -0.416 e. The SMILES string of the molecule is O=C(Oc1c(I)ccc(Cc2ccccc2)c1OC(=O)C(F)(F)F)C(F)(F)F. The Kier molecular flexibility index (Phi) is 6.57. The molecule has 0 aliphatic heterocycles. The maximum absolute atomic E-state index is 12.6. The fourth-order valence-corrected chi connectivity index (χ4v) is 2.58. The van der Waals surface area contributed by atoms with Crippen molar-refractivity contribution < 1.29 is 45.4 Å². The molecule has 11 heteroatoms. The molecule has 28 heavy (non-hydrogen) atoms. The third-order valence-electron chi connectivity index (χ3n) is 3.24. The number of hydrogen-bond acceptors (Lipinski definition) is 4. The number of rotatable bonds is 4. The highest BCUT2D eigenvalue weighted by molar-refractivity contribution is 14.1. The van der Waals surface area contributed by atoms with E-state index in [2.05, 4.69) is 9.47 Å². The maximum Gasteiger partial charge on any atom is 0.491 e. The van der Waals surface area contributed by atoms with Crippen LogP contribution in [0.2, 0.25) is 0 Å². The summed E-state index contributed by atoms with van der Waals surface area (Å²) in [6.07, 6.45) is -10.9. The van der Waals surface area contributed by atoms with Crippen LogP contribution in [-0.4, -0.2) is 24.3 Å². The lowest BCUT2D eigenvalue weighted by atomic mass is 10.0. The first-order valence-electron chi connectivity index (χ1n) is 7.33. The van der Waals surface area contributed by atoms with E-state index in [1.54, 1.807) is 30.3 Å². The first-order valence-corrected chi connectivity index (χ1v) is 8.40. The number of esters is 2. The highest BCUT2D eigenvalue weighted by Gasteiger charge is 2.44. The van der Waals surface area contributed by atoms with Crippen molar-refractivity contribution in [3.05, 3.63) is 57.2 Å². The molecule has 0 saturated heterocycles. The molecule has 0 radical (unpaired) electrons. The lowest BCUT2D eigenvalue weighted by Crippen LogP contribution is -2.30. The van der Waals surface area contributed by atoms with Crippen molar-refractivity contribution in [2.45, 2.75) is 18.8 Å². The van der Waals surface area contributed by atoms with Gasteiger partial charge in [0.2, 0.25) is 0 Å². The van der Waals surface area contributed by atoms with Crippen LogP contribution < -0.4 is 9.47 Å². The summed E-state index contributed by atoms with van der Waals surface area (Å²) in [5.74, 6) is -7.15. The number of carbonyl (C=O) groups is 2. The molecule has 2 aromatic carbocycles. The first-order chi connectivity index (χ1) is 12.9. The molecule has 0 fully saturated rings. The van der Waals surface area contributed by atoms with E-state index in [0.717, 1.165) is 0 Å². The highest BCUT2D eigenvalue weighted by Crippen LogP contribution is 2.39. The van der Waals surface area contributed by atoms with E-state index < -0.39 is 35.8 Å². The monoisotopic (exact) mass is 518 g/mol. The van der Waals surface area contributed by atoms with Crippen LogP contribution in [0.25, 0.3) is 0 Å². The standard InChI is InChI=1S/C17H9F6IO4/c18-16(19,20)14(25)27-12-10(8-9-4-2-1-3-5-9)6-7-11(24)13(12)28-15(26)17(21,22)23/h1-7H,8H2. The summed E-state index contributed by atoms with van der Waals surface area (Å²) in [5.41, 5.74) is 0.496. The van der Waals surface area contributed by atoms with Crippen molar-refractivity contribution in [1.29, 1.82) is 0 Å². The zero-order valence-electron chi connectivity index (χ0n) is 13.5. The van der Waals surface area contributed by atoms with Crippen molar-refractivity contribution in [3.63, 3.8) is 0 Å².